The maximum Gasteiger partial charge on any atom is 0.188 e. The number of piperidine rings is 1. The largest absolute Gasteiger partial charge is 0.467 e. The molecule has 1 aliphatic heterocycles. The third-order valence-corrected chi connectivity index (χ3v) is 5.61. The molecule has 0 amide bonds. The van der Waals surface area contributed by atoms with E-state index in [1.54, 1.807) is 7.11 Å². The quantitative estimate of drug-likeness (QED) is 0.666. The molecule has 0 saturated carbocycles. The van der Waals surface area contributed by atoms with Gasteiger partial charge in [-0.15, -0.1) is 0 Å². The minimum Gasteiger partial charge on any atom is -0.467 e. The molecule has 1 N–H and O–H groups in total. The Bertz CT molecular complexity index is 549. The van der Waals surface area contributed by atoms with Gasteiger partial charge in [-0.3, -0.25) is 4.90 Å². The lowest BCUT2D eigenvalue weighted by molar-refractivity contribution is 0.0441. The molecule has 1 fully saturated rings. The van der Waals surface area contributed by atoms with Crippen molar-refractivity contribution in [1.82, 2.24) is 10.2 Å². The zero-order valence-electron chi connectivity index (χ0n) is 17.6. The first kappa shape index (κ1) is 21.2. The van der Waals surface area contributed by atoms with Gasteiger partial charge in [0.1, 0.15) is 5.75 Å². The maximum atomic E-state index is 5.78. The molecule has 4 heteroatoms. The fourth-order valence-electron chi connectivity index (χ4n) is 4.69. The molecule has 0 spiro atoms. The molecule has 0 aromatic heterocycles. The second-order valence-electron chi connectivity index (χ2n) is 9.03. The fourth-order valence-corrected chi connectivity index (χ4v) is 4.69. The van der Waals surface area contributed by atoms with E-state index in [9.17, 15) is 0 Å². The van der Waals surface area contributed by atoms with Crippen molar-refractivity contribution in [2.24, 2.45) is 5.41 Å². The molecule has 0 atom stereocenters. The van der Waals surface area contributed by atoms with Crippen LogP contribution >= 0.6 is 0 Å². The second-order valence-corrected chi connectivity index (χ2v) is 9.03. The zero-order valence-corrected chi connectivity index (χ0v) is 17.6. The van der Waals surface area contributed by atoms with Crippen molar-refractivity contribution in [1.29, 1.82) is 0 Å². The molecule has 0 radical (unpaired) electrons. The smallest absolute Gasteiger partial charge is 0.188 e. The normalized spacial score (nSPS) is 17.5. The van der Waals surface area contributed by atoms with Crippen molar-refractivity contribution >= 4 is 0 Å². The molecule has 26 heavy (non-hydrogen) atoms. The summed E-state index contributed by atoms with van der Waals surface area (Å²) in [5.41, 5.74) is 1.85. The van der Waals surface area contributed by atoms with Crippen molar-refractivity contribution < 1.29 is 9.47 Å². The van der Waals surface area contributed by atoms with E-state index in [2.05, 4.69) is 56.1 Å². The molecule has 1 aromatic carbocycles. The van der Waals surface area contributed by atoms with E-state index in [0.29, 0.717) is 18.1 Å². The number of methoxy groups -OCH3 is 1. The van der Waals surface area contributed by atoms with Crippen LogP contribution in [0.2, 0.25) is 0 Å². The average Bonchev–Trinajstić information content (AvgIpc) is 2.59. The van der Waals surface area contributed by atoms with Crippen LogP contribution in [-0.4, -0.2) is 51.0 Å². The van der Waals surface area contributed by atoms with Crippen LogP contribution in [0.1, 0.15) is 58.4 Å². The van der Waals surface area contributed by atoms with Crippen LogP contribution in [0.15, 0.2) is 24.3 Å². The highest BCUT2D eigenvalue weighted by Crippen LogP contribution is 2.38. The van der Waals surface area contributed by atoms with Crippen molar-refractivity contribution in [3.05, 3.63) is 29.8 Å². The van der Waals surface area contributed by atoms with Crippen LogP contribution in [0.4, 0.5) is 0 Å². The van der Waals surface area contributed by atoms with E-state index in [-0.39, 0.29) is 5.54 Å². The van der Waals surface area contributed by atoms with E-state index in [4.69, 9.17) is 9.47 Å². The van der Waals surface area contributed by atoms with Crippen molar-refractivity contribution in [2.75, 3.05) is 40.6 Å². The summed E-state index contributed by atoms with van der Waals surface area (Å²) in [6.45, 7) is 13.2. The molecule has 0 aliphatic carbocycles. The number of nitrogens with zero attached hydrogens (tertiary/aromatic N) is 1. The van der Waals surface area contributed by atoms with Crippen LogP contribution in [0.5, 0.6) is 5.75 Å². The van der Waals surface area contributed by atoms with Gasteiger partial charge in [-0.05, 0) is 76.2 Å². The Hall–Kier alpha value is -1.10. The van der Waals surface area contributed by atoms with Gasteiger partial charge in [0.05, 0.1) is 0 Å². The third kappa shape index (κ3) is 5.70. The Morgan fingerprint density at radius 3 is 2.38 bits per heavy atom. The molecule has 4 nitrogen and oxygen atoms in total. The summed E-state index contributed by atoms with van der Waals surface area (Å²) in [7, 11) is 3.71. The Labute approximate surface area is 160 Å². The van der Waals surface area contributed by atoms with Crippen molar-refractivity contribution in [2.45, 2.75) is 58.4 Å². The zero-order chi connectivity index (χ0) is 19.2. The third-order valence-electron chi connectivity index (χ3n) is 5.61. The van der Waals surface area contributed by atoms with Crippen molar-refractivity contribution in [3.8, 4) is 5.75 Å². The highest BCUT2D eigenvalue weighted by molar-refractivity contribution is 5.36. The van der Waals surface area contributed by atoms with Gasteiger partial charge in [0.15, 0.2) is 6.79 Å². The molecule has 1 heterocycles. The Kier molecular flexibility index (Phi) is 7.51. The fraction of sp³-hybridized carbons (Fsp3) is 0.727. The standard InChI is InChI=1S/C22H38N2O2/c1-21(2,16-23-5)15-22(3,4)24-13-11-18(12-14-24)19-9-7-8-10-20(19)26-17-25-6/h7-10,18,23H,11-17H2,1-6H3. The summed E-state index contributed by atoms with van der Waals surface area (Å²) in [4.78, 5) is 2.68. The van der Waals surface area contributed by atoms with Gasteiger partial charge in [-0.2, -0.15) is 0 Å². The molecule has 0 bridgehead atoms. The summed E-state index contributed by atoms with van der Waals surface area (Å²) >= 11 is 0. The summed E-state index contributed by atoms with van der Waals surface area (Å²) in [5.74, 6) is 1.54. The topological polar surface area (TPSA) is 33.7 Å². The lowest BCUT2D eigenvalue weighted by Crippen LogP contribution is -2.50. The molecular weight excluding hydrogens is 324 g/mol. The molecule has 148 valence electrons. The highest BCUT2D eigenvalue weighted by atomic mass is 16.7. The first-order chi connectivity index (χ1) is 12.3. The molecule has 2 rings (SSSR count). The minimum absolute atomic E-state index is 0.220. The maximum absolute atomic E-state index is 5.78. The van der Waals surface area contributed by atoms with E-state index in [1.165, 1.54) is 24.8 Å². The van der Waals surface area contributed by atoms with Gasteiger partial charge >= 0.3 is 0 Å². The number of hydrogen-bond acceptors (Lipinski definition) is 4. The van der Waals surface area contributed by atoms with Crippen LogP contribution < -0.4 is 10.1 Å². The number of hydrogen-bond donors (Lipinski definition) is 1. The van der Waals surface area contributed by atoms with Crippen LogP contribution in [0.3, 0.4) is 0 Å². The molecule has 1 saturated heterocycles. The molecule has 1 aliphatic rings. The summed E-state index contributed by atoms with van der Waals surface area (Å²) < 4.78 is 10.9. The summed E-state index contributed by atoms with van der Waals surface area (Å²) in [6.07, 6.45) is 3.56. The Balaban J connectivity index is 1.98. The first-order valence-corrected chi connectivity index (χ1v) is 9.89. The van der Waals surface area contributed by atoms with Gasteiger partial charge in [0.25, 0.3) is 0 Å². The van der Waals surface area contributed by atoms with Crippen molar-refractivity contribution in [3.63, 3.8) is 0 Å². The van der Waals surface area contributed by atoms with Gasteiger partial charge in [0.2, 0.25) is 0 Å². The van der Waals surface area contributed by atoms with E-state index >= 15 is 0 Å². The monoisotopic (exact) mass is 362 g/mol. The average molecular weight is 363 g/mol. The molecule has 1 aromatic rings. The number of rotatable bonds is 9. The summed E-state index contributed by atoms with van der Waals surface area (Å²) in [5, 5.41) is 3.34. The Morgan fingerprint density at radius 1 is 1.12 bits per heavy atom. The minimum atomic E-state index is 0.220. The number of likely N-dealkylation sites (tertiary alicyclic amines) is 1. The van der Waals surface area contributed by atoms with Crippen LogP contribution in [0, 0.1) is 5.41 Å². The predicted molar refractivity (Wildman–Crippen MR) is 109 cm³/mol. The SMILES string of the molecule is CNCC(C)(C)CC(C)(C)N1CCC(c2ccccc2OCOC)CC1. The number of ether oxygens (including phenoxy) is 2. The van der Waals surface area contributed by atoms with E-state index in [0.717, 1.165) is 25.4 Å². The Morgan fingerprint density at radius 2 is 1.77 bits per heavy atom. The predicted octanol–water partition coefficient (Wildman–Crippen LogP) is 4.26. The van der Waals surface area contributed by atoms with Crippen LogP contribution in [-0.2, 0) is 4.74 Å². The van der Waals surface area contributed by atoms with Gasteiger partial charge < -0.3 is 14.8 Å². The lowest BCUT2D eigenvalue weighted by Gasteiger charge is -2.46. The van der Waals surface area contributed by atoms with Gasteiger partial charge in [-0.1, -0.05) is 32.0 Å². The highest BCUT2D eigenvalue weighted by Gasteiger charge is 2.35. The van der Waals surface area contributed by atoms with Gasteiger partial charge in [0, 0.05) is 19.2 Å². The first-order valence-electron chi connectivity index (χ1n) is 9.89. The molecule has 0 unspecified atom stereocenters. The van der Waals surface area contributed by atoms with E-state index in [1.807, 2.05) is 13.1 Å². The van der Waals surface area contributed by atoms with E-state index < -0.39 is 0 Å². The second kappa shape index (κ2) is 9.20. The number of benzene rings is 1. The number of nitrogens with one attached hydrogen (secondary N) is 1. The van der Waals surface area contributed by atoms with Crippen LogP contribution in [0.25, 0.3) is 0 Å². The number of para-hydroxylation sites is 1. The molecular formula is C22H38N2O2. The lowest BCUT2D eigenvalue weighted by atomic mass is 9.77. The van der Waals surface area contributed by atoms with Gasteiger partial charge in [-0.25, -0.2) is 0 Å². The summed E-state index contributed by atoms with van der Waals surface area (Å²) in [6, 6.07) is 8.43.